The first-order valence-electron chi connectivity index (χ1n) is 4.47. The Bertz CT molecular complexity index is 323. The normalized spacial score (nSPS) is 11.8. The standard InChI is InChI=1S/C11H15FOS/c1-11(2,7-13)8-5-4-6-9(12)10(8)14-3/h4-6,13H,7H2,1-3H3. The van der Waals surface area contributed by atoms with Crippen molar-refractivity contribution in [2.45, 2.75) is 24.2 Å². The summed E-state index contributed by atoms with van der Waals surface area (Å²) in [7, 11) is 0. The molecule has 1 nitrogen and oxygen atoms in total. The molecule has 0 radical (unpaired) electrons. The molecule has 0 amide bonds. The Kier molecular flexibility index (Phi) is 3.56. The van der Waals surface area contributed by atoms with Crippen LogP contribution in [0, 0.1) is 5.82 Å². The van der Waals surface area contributed by atoms with Crippen LogP contribution < -0.4 is 0 Å². The molecule has 0 aromatic heterocycles. The summed E-state index contributed by atoms with van der Waals surface area (Å²) in [4.78, 5) is 0.631. The van der Waals surface area contributed by atoms with Crippen molar-refractivity contribution in [3.63, 3.8) is 0 Å². The van der Waals surface area contributed by atoms with Gasteiger partial charge in [-0.15, -0.1) is 11.8 Å². The molecule has 0 bridgehead atoms. The van der Waals surface area contributed by atoms with Gasteiger partial charge in [-0.3, -0.25) is 0 Å². The molecule has 0 saturated carbocycles. The molecule has 0 atom stereocenters. The molecular formula is C11H15FOS. The van der Waals surface area contributed by atoms with E-state index in [0.29, 0.717) is 4.90 Å². The van der Waals surface area contributed by atoms with Crippen molar-refractivity contribution < 1.29 is 9.50 Å². The lowest BCUT2D eigenvalue weighted by molar-refractivity contribution is 0.216. The summed E-state index contributed by atoms with van der Waals surface area (Å²) in [5, 5.41) is 9.23. The van der Waals surface area contributed by atoms with Crippen LogP contribution in [0.5, 0.6) is 0 Å². The Hall–Kier alpha value is -0.540. The second-order valence-electron chi connectivity index (χ2n) is 3.86. The van der Waals surface area contributed by atoms with Gasteiger partial charge in [0.25, 0.3) is 0 Å². The number of hydrogen-bond acceptors (Lipinski definition) is 2. The summed E-state index contributed by atoms with van der Waals surface area (Å²) in [6, 6.07) is 5.00. The topological polar surface area (TPSA) is 20.2 Å². The van der Waals surface area contributed by atoms with Crippen molar-refractivity contribution in [2.24, 2.45) is 0 Å². The number of aliphatic hydroxyl groups is 1. The molecule has 0 spiro atoms. The van der Waals surface area contributed by atoms with Crippen LogP contribution in [0.1, 0.15) is 19.4 Å². The lowest BCUT2D eigenvalue weighted by Gasteiger charge is -2.24. The highest BCUT2D eigenvalue weighted by Gasteiger charge is 2.23. The zero-order chi connectivity index (χ0) is 10.8. The van der Waals surface area contributed by atoms with Gasteiger partial charge in [0.15, 0.2) is 0 Å². The second kappa shape index (κ2) is 4.32. The van der Waals surface area contributed by atoms with Gasteiger partial charge >= 0.3 is 0 Å². The largest absolute Gasteiger partial charge is 0.395 e. The molecule has 0 aliphatic rings. The van der Waals surface area contributed by atoms with Gasteiger partial charge in [0.2, 0.25) is 0 Å². The van der Waals surface area contributed by atoms with Gasteiger partial charge in [-0.05, 0) is 17.9 Å². The molecular weight excluding hydrogens is 199 g/mol. The first kappa shape index (κ1) is 11.5. The van der Waals surface area contributed by atoms with Gasteiger partial charge in [-0.25, -0.2) is 4.39 Å². The number of benzene rings is 1. The molecule has 1 aromatic rings. The van der Waals surface area contributed by atoms with E-state index in [-0.39, 0.29) is 17.8 Å². The van der Waals surface area contributed by atoms with E-state index in [2.05, 4.69) is 0 Å². The van der Waals surface area contributed by atoms with Crippen LogP contribution in [-0.4, -0.2) is 18.0 Å². The van der Waals surface area contributed by atoms with Crippen LogP contribution >= 0.6 is 11.8 Å². The van der Waals surface area contributed by atoms with Crippen molar-refractivity contribution in [3.05, 3.63) is 29.6 Å². The summed E-state index contributed by atoms with van der Waals surface area (Å²) in [5.41, 5.74) is 0.480. The third-order valence-corrected chi connectivity index (χ3v) is 3.12. The Morgan fingerprint density at radius 1 is 1.43 bits per heavy atom. The molecule has 14 heavy (non-hydrogen) atoms. The molecule has 1 aromatic carbocycles. The number of halogens is 1. The van der Waals surface area contributed by atoms with E-state index in [0.717, 1.165) is 5.56 Å². The average molecular weight is 214 g/mol. The Labute approximate surface area is 88.3 Å². The smallest absolute Gasteiger partial charge is 0.137 e. The fraction of sp³-hybridized carbons (Fsp3) is 0.455. The van der Waals surface area contributed by atoms with Crippen LogP contribution in [0.3, 0.4) is 0 Å². The van der Waals surface area contributed by atoms with Gasteiger partial charge in [-0.2, -0.15) is 0 Å². The highest BCUT2D eigenvalue weighted by molar-refractivity contribution is 7.98. The summed E-state index contributed by atoms with van der Waals surface area (Å²) in [5.74, 6) is -0.212. The molecule has 3 heteroatoms. The highest BCUT2D eigenvalue weighted by atomic mass is 32.2. The number of rotatable bonds is 3. The van der Waals surface area contributed by atoms with Gasteiger partial charge in [0.1, 0.15) is 5.82 Å². The molecule has 1 rings (SSSR count). The first-order valence-corrected chi connectivity index (χ1v) is 5.69. The quantitative estimate of drug-likeness (QED) is 0.781. The van der Waals surface area contributed by atoms with Crippen molar-refractivity contribution in [2.75, 3.05) is 12.9 Å². The molecule has 0 aliphatic carbocycles. The SMILES string of the molecule is CSc1c(F)cccc1C(C)(C)CO. The van der Waals surface area contributed by atoms with Crippen molar-refractivity contribution in [1.29, 1.82) is 0 Å². The maximum atomic E-state index is 13.4. The highest BCUT2D eigenvalue weighted by Crippen LogP contribution is 2.33. The summed E-state index contributed by atoms with van der Waals surface area (Å²) < 4.78 is 13.4. The lowest BCUT2D eigenvalue weighted by Crippen LogP contribution is -2.23. The fourth-order valence-electron chi connectivity index (χ4n) is 1.33. The van der Waals surface area contributed by atoms with Gasteiger partial charge in [0.05, 0.1) is 6.61 Å². The van der Waals surface area contributed by atoms with E-state index < -0.39 is 0 Å². The molecule has 0 saturated heterocycles. The lowest BCUT2D eigenvalue weighted by atomic mass is 9.85. The maximum Gasteiger partial charge on any atom is 0.137 e. The van der Waals surface area contributed by atoms with Crippen molar-refractivity contribution in [1.82, 2.24) is 0 Å². The maximum absolute atomic E-state index is 13.4. The predicted octanol–water partition coefficient (Wildman–Crippen LogP) is 2.82. The second-order valence-corrected chi connectivity index (χ2v) is 4.68. The average Bonchev–Trinajstić information content (AvgIpc) is 2.17. The number of thioether (sulfide) groups is 1. The van der Waals surface area contributed by atoms with Crippen LogP contribution in [0.2, 0.25) is 0 Å². The summed E-state index contributed by atoms with van der Waals surface area (Å²) in [6.45, 7) is 3.83. The summed E-state index contributed by atoms with van der Waals surface area (Å²) in [6.07, 6.45) is 1.84. The van der Waals surface area contributed by atoms with Crippen molar-refractivity contribution in [3.8, 4) is 0 Å². The Balaban J connectivity index is 3.27. The Morgan fingerprint density at radius 3 is 2.57 bits per heavy atom. The van der Waals surface area contributed by atoms with Crippen LogP contribution in [0.4, 0.5) is 4.39 Å². The number of aliphatic hydroxyl groups excluding tert-OH is 1. The fourth-order valence-corrected chi connectivity index (χ4v) is 2.16. The van der Waals surface area contributed by atoms with Gasteiger partial charge in [0, 0.05) is 10.3 Å². The zero-order valence-electron chi connectivity index (χ0n) is 8.67. The molecule has 1 N–H and O–H groups in total. The van der Waals surface area contributed by atoms with E-state index in [1.807, 2.05) is 26.2 Å². The minimum absolute atomic E-state index is 0.0179. The number of hydrogen-bond donors (Lipinski definition) is 1. The van der Waals surface area contributed by atoms with Crippen molar-refractivity contribution >= 4 is 11.8 Å². The minimum Gasteiger partial charge on any atom is -0.395 e. The van der Waals surface area contributed by atoms with Gasteiger partial charge in [-0.1, -0.05) is 26.0 Å². The third-order valence-electron chi connectivity index (χ3n) is 2.30. The van der Waals surface area contributed by atoms with Gasteiger partial charge < -0.3 is 5.11 Å². The van der Waals surface area contributed by atoms with Crippen LogP contribution in [0.15, 0.2) is 23.1 Å². The van der Waals surface area contributed by atoms with Crippen LogP contribution in [-0.2, 0) is 5.41 Å². The minimum atomic E-state index is -0.388. The summed E-state index contributed by atoms with van der Waals surface area (Å²) >= 11 is 1.38. The Morgan fingerprint density at radius 2 is 2.07 bits per heavy atom. The molecule has 0 aliphatic heterocycles. The predicted molar refractivity (Wildman–Crippen MR) is 58.3 cm³/mol. The van der Waals surface area contributed by atoms with E-state index >= 15 is 0 Å². The molecule has 78 valence electrons. The third kappa shape index (κ3) is 2.10. The first-order chi connectivity index (χ1) is 6.53. The van der Waals surface area contributed by atoms with E-state index in [1.54, 1.807) is 6.07 Å². The van der Waals surface area contributed by atoms with E-state index in [9.17, 15) is 9.50 Å². The van der Waals surface area contributed by atoms with Crippen LogP contribution in [0.25, 0.3) is 0 Å². The molecule has 0 heterocycles. The molecule has 0 unspecified atom stereocenters. The van der Waals surface area contributed by atoms with E-state index in [1.165, 1.54) is 17.8 Å². The van der Waals surface area contributed by atoms with E-state index in [4.69, 9.17) is 0 Å². The monoisotopic (exact) mass is 214 g/mol. The molecule has 0 fully saturated rings. The zero-order valence-corrected chi connectivity index (χ0v) is 9.49.